The van der Waals surface area contributed by atoms with Gasteiger partial charge >= 0.3 is 0 Å². The Morgan fingerprint density at radius 1 is 1.27 bits per heavy atom. The van der Waals surface area contributed by atoms with Crippen LogP contribution in [-0.2, 0) is 14.3 Å². The van der Waals surface area contributed by atoms with Gasteiger partial charge in [-0.3, -0.25) is 9.59 Å². The summed E-state index contributed by atoms with van der Waals surface area (Å²) in [6.45, 7) is 4.92. The second-order valence-corrected chi connectivity index (χ2v) is 6.11. The molecule has 0 spiro atoms. The Morgan fingerprint density at radius 3 is 2.73 bits per heavy atom. The molecule has 1 fully saturated rings. The van der Waals surface area contributed by atoms with Crippen molar-refractivity contribution in [3.05, 3.63) is 23.8 Å². The standard InChI is InChI=1S/C18H27N3O4.ClH/c1-13-4-5-16(25-3)15(10-13)21-12-14(11-17(21)22)18(23)20-7-6-19-8-9-24-2;/h4-5,10,14,19H,6-9,11-12H2,1-3H3,(H,20,23);1H. The second kappa shape index (κ2) is 11.0. The molecule has 1 aliphatic heterocycles. The lowest BCUT2D eigenvalue weighted by atomic mass is 10.1. The van der Waals surface area contributed by atoms with Crippen molar-refractivity contribution in [3.8, 4) is 5.75 Å². The van der Waals surface area contributed by atoms with Gasteiger partial charge in [0.2, 0.25) is 11.8 Å². The Balaban J connectivity index is 0.00000338. The van der Waals surface area contributed by atoms with Crippen molar-refractivity contribution in [2.75, 3.05) is 51.9 Å². The number of aryl methyl sites for hydroxylation is 1. The van der Waals surface area contributed by atoms with Gasteiger partial charge in [-0.25, -0.2) is 0 Å². The number of nitrogens with zero attached hydrogens (tertiary/aromatic N) is 1. The average Bonchev–Trinajstić information content (AvgIpc) is 2.99. The summed E-state index contributed by atoms with van der Waals surface area (Å²) in [6.07, 6.45) is 0.222. The van der Waals surface area contributed by atoms with E-state index in [-0.39, 0.29) is 36.6 Å². The fourth-order valence-electron chi connectivity index (χ4n) is 2.84. The Bertz CT molecular complexity index is 612. The number of ether oxygens (including phenoxy) is 2. The topological polar surface area (TPSA) is 79.9 Å². The maximum absolute atomic E-state index is 12.4. The molecule has 1 aliphatic rings. The van der Waals surface area contributed by atoms with Gasteiger partial charge in [-0.05, 0) is 24.6 Å². The average molecular weight is 386 g/mol. The van der Waals surface area contributed by atoms with Crippen LogP contribution in [0.5, 0.6) is 5.75 Å². The second-order valence-electron chi connectivity index (χ2n) is 6.11. The van der Waals surface area contributed by atoms with Crippen LogP contribution in [0.3, 0.4) is 0 Å². The molecule has 1 saturated heterocycles. The number of nitrogens with one attached hydrogen (secondary N) is 2. The van der Waals surface area contributed by atoms with Gasteiger partial charge < -0.3 is 25.0 Å². The number of amides is 2. The lowest BCUT2D eigenvalue weighted by molar-refractivity contribution is -0.126. The molecule has 1 atom stereocenters. The Morgan fingerprint density at radius 2 is 2.04 bits per heavy atom. The molecule has 1 heterocycles. The maximum atomic E-state index is 12.4. The zero-order valence-corrected chi connectivity index (χ0v) is 16.4. The van der Waals surface area contributed by atoms with Crippen molar-refractivity contribution in [2.24, 2.45) is 5.92 Å². The van der Waals surface area contributed by atoms with Gasteiger partial charge in [-0.15, -0.1) is 12.4 Å². The summed E-state index contributed by atoms with van der Waals surface area (Å²) < 4.78 is 10.3. The summed E-state index contributed by atoms with van der Waals surface area (Å²) in [5.74, 6) is 0.164. The predicted molar refractivity (Wildman–Crippen MR) is 103 cm³/mol. The Labute approximate surface area is 160 Å². The molecule has 1 aromatic carbocycles. The zero-order valence-electron chi connectivity index (χ0n) is 15.5. The van der Waals surface area contributed by atoms with Crippen LogP contribution >= 0.6 is 12.4 Å². The molecule has 2 N–H and O–H groups in total. The molecule has 0 aliphatic carbocycles. The smallest absolute Gasteiger partial charge is 0.227 e. The summed E-state index contributed by atoms with van der Waals surface area (Å²) in [7, 11) is 3.23. The lowest BCUT2D eigenvalue weighted by Gasteiger charge is -2.20. The minimum absolute atomic E-state index is 0. The van der Waals surface area contributed by atoms with Crippen LogP contribution in [0.4, 0.5) is 5.69 Å². The molecule has 8 heteroatoms. The number of hydrogen-bond donors (Lipinski definition) is 2. The number of carbonyl (C=O) groups excluding carboxylic acids is 2. The van der Waals surface area contributed by atoms with Crippen LogP contribution in [0.25, 0.3) is 0 Å². The molecule has 0 bridgehead atoms. The van der Waals surface area contributed by atoms with Crippen LogP contribution in [0.1, 0.15) is 12.0 Å². The Kier molecular flexibility index (Phi) is 9.40. The van der Waals surface area contributed by atoms with Crippen LogP contribution in [-0.4, -0.2) is 58.8 Å². The fourth-order valence-corrected chi connectivity index (χ4v) is 2.84. The molecule has 146 valence electrons. The third kappa shape index (κ3) is 5.86. The molecular weight excluding hydrogens is 358 g/mol. The van der Waals surface area contributed by atoms with Crippen molar-refractivity contribution in [1.82, 2.24) is 10.6 Å². The molecule has 1 unspecified atom stereocenters. The predicted octanol–water partition coefficient (Wildman–Crippen LogP) is 1.13. The molecule has 0 aromatic heterocycles. The summed E-state index contributed by atoms with van der Waals surface area (Å²) in [5, 5.41) is 6.05. The van der Waals surface area contributed by atoms with E-state index in [0.29, 0.717) is 32.0 Å². The van der Waals surface area contributed by atoms with E-state index in [9.17, 15) is 9.59 Å². The number of hydrogen-bond acceptors (Lipinski definition) is 5. The third-order valence-electron chi connectivity index (χ3n) is 4.20. The van der Waals surface area contributed by atoms with Gasteiger partial charge in [-0.2, -0.15) is 0 Å². The minimum Gasteiger partial charge on any atom is -0.495 e. The van der Waals surface area contributed by atoms with Gasteiger partial charge in [0.15, 0.2) is 0 Å². The third-order valence-corrected chi connectivity index (χ3v) is 4.20. The van der Waals surface area contributed by atoms with Gasteiger partial charge in [0.1, 0.15) is 5.75 Å². The van der Waals surface area contributed by atoms with Crippen LogP contribution < -0.4 is 20.3 Å². The first-order valence-corrected chi connectivity index (χ1v) is 8.49. The summed E-state index contributed by atoms with van der Waals surface area (Å²) in [4.78, 5) is 26.3. The number of anilines is 1. The normalized spacial score (nSPS) is 16.3. The molecule has 26 heavy (non-hydrogen) atoms. The quantitative estimate of drug-likeness (QED) is 0.623. The zero-order chi connectivity index (χ0) is 18.2. The molecule has 2 amide bonds. The summed E-state index contributed by atoms with van der Waals surface area (Å²) in [5.41, 5.74) is 1.77. The summed E-state index contributed by atoms with van der Waals surface area (Å²) in [6, 6.07) is 5.69. The molecular formula is C18H28ClN3O4. The van der Waals surface area contributed by atoms with Gasteiger partial charge in [-0.1, -0.05) is 6.07 Å². The van der Waals surface area contributed by atoms with Crippen molar-refractivity contribution in [3.63, 3.8) is 0 Å². The van der Waals surface area contributed by atoms with E-state index in [1.165, 1.54) is 0 Å². The molecule has 2 rings (SSSR count). The largest absolute Gasteiger partial charge is 0.495 e. The number of methoxy groups -OCH3 is 2. The number of benzene rings is 1. The number of halogens is 1. The van der Waals surface area contributed by atoms with Crippen molar-refractivity contribution in [1.29, 1.82) is 0 Å². The molecule has 0 saturated carbocycles. The first-order valence-electron chi connectivity index (χ1n) is 8.49. The van der Waals surface area contributed by atoms with E-state index >= 15 is 0 Å². The highest BCUT2D eigenvalue weighted by Gasteiger charge is 2.36. The van der Waals surface area contributed by atoms with Gasteiger partial charge in [0, 0.05) is 39.7 Å². The van der Waals surface area contributed by atoms with E-state index < -0.39 is 0 Å². The van der Waals surface area contributed by atoms with E-state index in [0.717, 1.165) is 17.8 Å². The van der Waals surface area contributed by atoms with Crippen LogP contribution in [0.15, 0.2) is 18.2 Å². The van der Waals surface area contributed by atoms with Crippen molar-refractivity contribution in [2.45, 2.75) is 13.3 Å². The van der Waals surface area contributed by atoms with Crippen LogP contribution in [0.2, 0.25) is 0 Å². The summed E-state index contributed by atoms with van der Waals surface area (Å²) >= 11 is 0. The molecule has 7 nitrogen and oxygen atoms in total. The Hall–Kier alpha value is -1.83. The highest BCUT2D eigenvalue weighted by Crippen LogP contribution is 2.33. The maximum Gasteiger partial charge on any atom is 0.227 e. The monoisotopic (exact) mass is 385 g/mol. The number of rotatable bonds is 9. The molecule has 0 radical (unpaired) electrons. The highest BCUT2D eigenvalue weighted by atomic mass is 35.5. The van der Waals surface area contributed by atoms with Crippen LogP contribution in [0, 0.1) is 12.8 Å². The van der Waals surface area contributed by atoms with Crippen molar-refractivity contribution < 1.29 is 19.1 Å². The first kappa shape index (κ1) is 22.2. The SMILES string of the molecule is COCCNCCNC(=O)C1CC(=O)N(c2cc(C)ccc2OC)C1.Cl. The lowest BCUT2D eigenvalue weighted by Crippen LogP contribution is -2.37. The van der Waals surface area contributed by atoms with E-state index in [1.54, 1.807) is 19.1 Å². The van der Waals surface area contributed by atoms with E-state index in [4.69, 9.17) is 9.47 Å². The number of carbonyl (C=O) groups is 2. The molecule has 1 aromatic rings. The van der Waals surface area contributed by atoms with Crippen molar-refractivity contribution >= 4 is 29.9 Å². The fraction of sp³-hybridized carbons (Fsp3) is 0.556. The van der Waals surface area contributed by atoms with Gasteiger partial charge in [0.05, 0.1) is 25.3 Å². The van der Waals surface area contributed by atoms with Gasteiger partial charge in [0.25, 0.3) is 0 Å². The van der Waals surface area contributed by atoms with E-state index in [2.05, 4.69) is 10.6 Å². The minimum atomic E-state index is -0.336. The highest BCUT2D eigenvalue weighted by molar-refractivity contribution is 6.01. The van der Waals surface area contributed by atoms with E-state index in [1.807, 2.05) is 25.1 Å². The first-order chi connectivity index (χ1) is 12.1.